The SMILES string of the molecule is COc1ccc(Cl)cc1N1CC(C(=O)N2C[C@H]3CNC[C@H]3C2)CC1=O. The molecule has 1 aromatic carbocycles. The van der Waals surface area contributed by atoms with Crippen molar-refractivity contribution in [3.05, 3.63) is 23.2 Å². The van der Waals surface area contributed by atoms with Gasteiger partial charge in [-0.05, 0) is 30.0 Å². The molecule has 0 aromatic heterocycles. The number of methoxy groups -OCH3 is 1. The monoisotopic (exact) mass is 363 g/mol. The minimum atomic E-state index is -0.289. The Balaban J connectivity index is 1.49. The Hall–Kier alpha value is -1.79. The number of fused-ring (bicyclic) bond motifs is 1. The van der Waals surface area contributed by atoms with E-state index in [4.69, 9.17) is 16.3 Å². The van der Waals surface area contributed by atoms with Crippen molar-refractivity contribution in [1.29, 1.82) is 0 Å². The Morgan fingerprint density at radius 1 is 1.24 bits per heavy atom. The molecule has 0 aliphatic carbocycles. The number of likely N-dealkylation sites (tertiary alicyclic amines) is 1. The van der Waals surface area contributed by atoms with Crippen molar-refractivity contribution in [1.82, 2.24) is 10.2 Å². The van der Waals surface area contributed by atoms with Crippen molar-refractivity contribution in [2.75, 3.05) is 44.7 Å². The average Bonchev–Trinajstić information content (AvgIpc) is 3.28. The van der Waals surface area contributed by atoms with Crippen LogP contribution >= 0.6 is 11.6 Å². The highest BCUT2D eigenvalue weighted by atomic mass is 35.5. The second-order valence-corrected chi connectivity index (χ2v) is 7.58. The normalized spacial score (nSPS) is 28.6. The summed E-state index contributed by atoms with van der Waals surface area (Å²) in [6.45, 7) is 3.98. The van der Waals surface area contributed by atoms with Crippen molar-refractivity contribution in [2.24, 2.45) is 17.8 Å². The van der Waals surface area contributed by atoms with Gasteiger partial charge >= 0.3 is 0 Å². The molecule has 2 amide bonds. The first kappa shape index (κ1) is 16.7. The topological polar surface area (TPSA) is 61.9 Å². The molecule has 3 saturated heterocycles. The molecule has 3 heterocycles. The third kappa shape index (κ3) is 2.98. The summed E-state index contributed by atoms with van der Waals surface area (Å²) in [6.07, 6.45) is 0.249. The molecule has 6 nitrogen and oxygen atoms in total. The van der Waals surface area contributed by atoms with Crippen molar-refractivity contribution in [3.63, 3.8) is 0 Å². The minimum absolute atomic E-state index is 0.0556. The Kier molecular flexibility index (Phi) is 4.33. The van der Waals surface area contributed by atoms with Crippen LogP contribution in [0.4, 0.5) is 5.69 Å². The lowest BCUT2D eigenvalue weighted by Gasteiger charge is -2.22. The molecule has 3 fully saturated rings. The molecule has 25 heavy (non-hydrogen) atoms. The molecule has 3 aliphatic rings. The van der Waals surface area contributed by atoms with Gasteiger partial charge in [0.2, 0.25) is 11.8 Å². The highest BCUT2D eigenvalue weighted by Gasteiger charge is 2.43. The number of carbonyl (C=O) groups is 2. The predicted molar refractivity (Wildman–Crippen MR) is 94.9 cm³/mol. The Bertz CT molecular complexity index is 699. The van der Waals surface area contributed by atoms with E-state index in [-0.39, 0.29) is 24.2 Å². The van der Waals surface area contributed by atoms with Crippen LogP contribution in [0, 0.1) is 17.8 Å². The van der Waals surface area contributed by atoms with Gasteiger partial charge in [-0.2, -0.15) is 0 Å². The predicted octanol–water partition coefficient (Wildman–Crippen LogP) is 1.38. The van der Waals surface area contributed by atoms with E-state index in [0.717, 1.165) is 26.2 Å². The minimum Gasteiger partial charge on any atom is -0.495 e. The maximum Gasteiger partial charge on any atom is 0.228 e. The van der Waals surface area contributed by atoms with Gasteiger partial charge in [0.1, 0.15) is 5.75 Å². The summed E-state index contributed by atoms with van der Waals surface area (Å²) in [5.74, 6) is 1.47. The van der Waals surface area contributed by atoms with Gasteiger partial charge in [0.15, 0.2) is 0 Å². The van der Waals surface area contributed by atoms with Crippen LogP contribution in [-0.4, -0.2) is 56.5 Å². The molecule has 3 aliphatic heterocycles. The molecule has 3 atom stereocenters. The summed E-state index contributed by atoms with van der Waals surface area (Å²) in [5.41, 5.74) is 0.637. The van der Waals surface area contributed by atoms with Crippen LogP contribution in [0.1, 0.15) is 6.42 Å². The number of rotatable bonds is 3. The number of nitrogens with one attached hydrogen (secondary N) is 1. The number of benzene rings is 1. The summed E-state index contributed by atoms with van der Waals surface area (Å²) in [6, 6.07) is 5.19. The van der Waals surface area contributed by atoms with E-state index >= 15 is 0 Å². The third-order valence-corrected chi connectivity index (χ3v) is 5.84. The summed E-state index contributed by atoms with van der Waals surface area (Å²) >= 11 is 6.08. The number of ether oxygens (including phenoxy) is 1. The number of halogens is 1. The lowest BCUT2D eigenvalue weighted by atomic mass is 10.0. The second kappa shape index (κ2) is 6.50. The molecule has 1 unspecified atom stereocenters. The number of nitrogens with zero attached hydrogens (tertiary/aromatic N) is 2. The van der Waals surface area contributed by atoms with Crippen LogP contribution < -0.4 is 15.0 Å². The highest BCUT2D eigenvalue weighted by molar-refractivity contribution is 6.31. The third-order valence-electron chi connectivity index (χ3n) is 5.61. The Morgan fingerprint density at radius 3 is 2.64 bits per heavy atom. The van der Waals surface area contributed by atoms with Crippen LogP contribution in [0.25, 0.3) is 0 Å². The van der Waals surface area contributed by atoms with Crippen molar-refractivity contribution >= 4 is 29.1 Å². The van der Waals surface area contributed by atoms with Gasteiger partial charge in [-0.3, -0.25) is 9.59 Å². The summed E-state index contributed by atoms with van der Waals surface area (Å²) in [4.78, 5) is 29.0. The van der Waals surface area contributed by atoms with Gasteiger partial charge in [-0.15, -0.1) is 0 Å². The average molecular weight is 364 g/mol. The lowest BCUT2D eigenvalue weighted by Crippen LogP contribution is -2.37. The van der Waals surface area contributed by atoms with E-state index in [9.17, 15) is 9.59 Å². The summed E-state index contributed by atoms with van der Waals surface area (Å²) < 4.78 is 5.35. The van der Waals surface area contributed by atoms with Crippen molar-refractivity contribution < 1.29 is 14.3 Å². The first-order chi connectivity index (χ1) is 12.1. The van der Waals surface area contributed by atoms with Gasteiger partial charge in [0, 0.05) is 44.2 Å². The zero-order chi connectivity index (χ0) is 17.6. The number of hydrogen-bond acceptors (Lipinski definition) is 4. The molecular weight excluding hydrogens is 342 g/mol. The standard InChI is InChI=1S/C18H22ClN3O3/c1-25-16-3-2-14(19)5-15(16)22-10-11(4-17(22)23)18(24)21-8-12-6-20-7-13(12)9-21/h2-3,5,11-13,20H,4,6-10H2,1H3/t11?,12-,13+. The molecule has 134 valence electrons. The van der Waals surface area contributed by atoms with Crippen LogP contribution in [0.15, 0.2) is 18.2 Å². The summed E-state index contributed by atoms with van der Waals surface area (Å²) in [7, 11) is 1.56. The number of amides is 2. The number of anilines is 1. The maximum atomic E-state index is 12.9. The van der Waals surface area contributed by atoms with E-state index in [1.807, 2.05) is 4.90 Å². The van der Waals surface area contributed by atoms with Gasteiger partial charge in [0.25, 0.3) is 0 Å². The molecule has 4 rings (SSSR count). The molecule has 0 spiro atoms. The quantitative estimate of drug-likeness (QED) is 0.881. The fourth-order valence-electron chi connectivity index (χ4n) is 4.27. The molecular formula is C18H22ClN3O3. The maximum absolute atomic E-state index is 12.9. The molecule has 1 aromatic rings. The lowest BCUT2D eigenvalue weighted by molar-refractivity contribution is -0.135. The van der Waals surface area contributed by atoms with E-state index < -0.39 is 0 Å². The Morgan fingerprint density at radius 2 is 1.96 bits per heavy atom. The fraction of sp³-hybridized carbons (Fsp3) is 0.556. The van der Waals surface area contributed by atoms with Crippen LogP contribution in [0.3, 0.4) is 0 Å². The number of carbonyl (C=O) groups excluding carboxylic acids is 2. The van der Waals surface area contributed by atoms with E-state index in [0.29, 0.717) is 34.8 Å². The smallest absolute Gasteiger partial charge is 0.228 e. The highest BCUT2D eigenvalue weighted by Crippen LogP contribution is 2.36. The zero-order valence-electron chi connectivity index (χ0n) is 14.2. The largest absolute Gasteiger partial charge is 0.495 e. The van der Waals surface area contributed by atoms with Crippen LogP contribution in [0.5, 0.6) is 5.75 Å². The van der Waals surface area contributed by atoms with Crippen LogP contribution in [-0.2, 0) is 9.59 Å². The summed E-state index contributed by atoms with van der Waals surface area (Å²) in [5, 5.41) is 3.92. The zero-order valence-corrected chi connectivity index (χ0v) is 15.0. The van der Waals surface area contributed by atoms with Crippen molar-refractivity contribution in [3.8, 4) is 5.75 Å². The van der Waals surface area contributed by atoms with E-state index in [1.165, 1.54) is 0 Å². The van der Waals surface area contributed by atoms with Gasteiger partial charge in [0.05, 0.1) is 18.7 Å². The van der Waals surface area contributed by atoms with E-state index in [2.05, 4.69) is 5.32 Å². The van der Waals surface area contributed by atoms with Crippen molar-refractivity contribution in [2.45, 2.75) is 6.42 Å². The second-order valence-electron chi connectivity index (χ2n) is 7.14. The van der Waals surface area contributed by atoms with E-state index in [1.54, 1.807) is 30.2 Å². The molecule has 0 bridgehead atoms. The molecule has 7 heteroatoms. The number of hydrogen-bond donors (Lipinski definition) is 1. The molecule has 0 radical (unpaired) electrons. The van der Waals surface area contributed by atoms with Gasteiger partial charge in [-0.25, -0.2) is 0 Å². The molecule has 0 saturated carbocycles. The Labute approximate surface area is 152 Å². The van der Waals surface area contributed by atoms with Crippen LogP contribution in [0.2, 0.25) is 5.02 Å². The van der Waals surface area contributed by atoms with Gasteiger partial charge < -0.3 is 19.9 Å². The van der Waals surface area contributed by atoms with Gasteiger partial charge in [-0.1, -0.05) is 11.6 Å². The molecule has 1 N–H and O–H groups in total. The first-order valence-electron chi connectivity index (χ1n) is 8.70. The first-order valence-corrected chi connectivity index (χ1v) is 9.08. The fourth-order valence-corrected chi connectivity index (χ4v) is 4.44.